The minimum absolute atomic E-state index is 0.0417. The molecule has 0 radical (unpaired) electrons. The first-order valence-corrected chi connectivity index (χ1v) is 15.0. The molecule has 2 aromatic rings. The number of ether oxygens (including phenoxy) is 1. The molecule has 1 heterocycles. The summed E-state index contributed by atoms with van der Waals surface area (Å²) in [5.74, 6) is -0.905. The summed E-state index contributed by atoms with van der Waals surface area (Å²) >= 11 is 0. The van der Waals surface area contributed by atoms with Crippen LogP contribution in [0.1, 0.15) is 81.3 Å². The number of benzene rings is 2. The fourth-order valence-electron chi connectivity index (χ4n) is 6.36. The van der Waals surface area contributed by atoms with Crippen molar-refractivity contribution in [3.63, 3.8) is 0 Å². The highest BCUT2D eigenvalue weighted by Crippen LogP contribution is 2.52. The molecule has 2 atom stereocenters. The molecule has 1 saturated carbocycles. The van der Waals surface area contributed by atoms with E-state index in [1.165, 1.54) is 12.1 Å². The maximum absolute atomic E-state index is 13.0. The van der Waals surface area contributed by atoms with Gasteiger partial charge in [0.1, 0.15) is 0 Å². The van der Waals surface area contributed by atoms with E-state index in [1.807, 2.05) is 17.0 Å². The lowest BCUT2D eigenvalue weighted by atomic mass is 9.65. The second-order valence-electron chi connectivity index (χ2n) is 12.2. The Hall–Kier alpha value is -2.87. The van der Waals surface area contributed by atoms with E-state index in [4.69, 9.17) is 4.74 Å². The molecule has 1 saturated heterocycles. The third-order valence-electron chi connectivity index (χ3n) is 7.83. The van der Waals surface area contributed by atoms with Crippen molar-refractivity contribution < 1.29 is 22.7 Å². The van der Waals surface area contributed by atoms with Gasteiger partial charge in [-0.3, -0.25) is 9.52 Å². The molecule has 206 valence electrons. The minimum atomic E-state index is -3.92. The molecule has 8 heteroatoms. The highest BCUT2D eigenvalue weighted by Gasteiger charge is 2.51. The Morgan fingerprint density at radius 1 is 1.08 bits per heavy atom. The molecular weight excluding hydrogens is 500 g/mol. The number of hydrogen-bond acceptors (Lipinski definition) is 5. The van der Waals surface area contributed by atoms with E-state index in [2.05, 4.69) is 32.4 Å². The number of nitrogens with zero attached hydrogens (tertiary/aromatic N) is 1. The summed E-state index contributed by atoms with van der Waals surface area (Å²) < 4.78 is 34.1. The highest BCUT2D eigenvalue weighted by atomic mass is 32.2. The molecule has 1 aliphatic carbocycles. The van der Waals surface area contributed by atoms with Gasteiger partial charge in [0.15, 0.2) is 6.61 Å². The van der Waals surface area contributed by atoms with Gasteiger partial charge in [0.25, 0.3) is 15.9 Å². The van der Waals surface area contributed by atoms with Gasteiger partial charge < -0.3 is 9.64 Å². The molecule has 4 rings (SSSR count). The number of aryl methyl sites for hydroxylation is 2. The van der Waals surface area contributed by atoms with Crippen molar-refractivity contribution in [2.45, 2.75) is 84.1 Å². The van der Waals surface area contributed by atoms with Gasteiger partial charge >= 0.3 is 5.97 Å². The van der Waals surface area contributed by atoms with E-state index < -0.39 is 16.0 Å². The predicted molar refractivity (Wildman–Crippen MR) is 149 cm³/mol. The van der Waals surface area contributed by atoms with E-state index in [0.717, 1.165) is 44.1 Å². The number of likely N-dealkylation sites (tertiary alicyclic amines) is 1. The van der Waals surface area contributed by atoms with Crippen LogP contribution in [0.15, 0.2) is 47.4 Å². The normalized spacial score (nSPS) is 22.2. The molecule has 2 bridgehead atoms. The summed E-state index contributed by atoms with van der Waals surface area (Å²) in [6.07, 6.45) is 6.11. The van der Waals surface area contributed by atoms with Crippen molar-refractivity contribution in [3.8, 4) is 0 Å². The molecule has 2 unspecified atom stereocenters. The Bertz CT molecular complexity index is 1300. The lowest BCUT2D eigenvalue weighted by Crippen LogP contribution is -2.39. The molecule has 0 aromatic heterocycles. The van der Waals surface area contributed by atoms with Gasteiger partial charge in [-0.1, -0.05) is 52.3 Å². The van der Waals surface area contributed by atoms with Crippen molar-refractivity contribution in [1.29, 1.82) is 0 Å². The molecule has 2 fully saturated rings. The van der Waals surface area contributed by atoms with Crippen molar-refractivity contribution in [2.75, 3.05) is 17.9 Å². The van der Waals surface area contributed by atoms with E-state index in [-0.39, 0.29) is 39.8 Å². The van der Waals surface area contributed by atoms with Crippen molar-refractivity contribution in [1.82, 2.24) is 4.90 Å². The number of fused-ring (bicyclic) bond motifs is 2. The van der Waals surface area contributed by atoms with E-state index in [0.29, 0.717) is 17.8 Å². The van der Waals surface area contributed by atoms with Crippen LogP contribution in [0.2, 0.25) is 0 Å². The Morgan fingerprint density at radius 3 is 2.47 bits per heavy atom. The van der Waals surface area contributed by atoms with Gasteiger partial charge in [0.05, 0.1) is 10.5 Å². The Morgan fingerprint density at radius 2 is 1.79 bits per heavy atom. The molecule has 1 N–H and O–H groups in total. The average Bonchev–Trinajstić information content (AvgIpc) is 3.10. The van der Waals surface area contributed by atoms with Gasteiger partial charge in [0, 0.05) is 18.3 Å². The lowest BCUT2D eigenvalue weighted by molar-refractivity contribution is -0.135. The average molecular weight is 541 g/mol. The number of amides is 1. The molecule has 0 spiro atoms. The van der Waals surface area contributed by atoms with E-state index >= 15 is 0 Å². The fraction of sp³-hybridized carbons (Fsp3) is 0.533. The number of esters is 1. The van der Waals surface area contributed by atoms with Crippen LogP contribution < -0.4 is 4.72 Å². The predicted octanol–water partition coefficient (Wildman–Crippen LogP) is 5.72. The third kappa shape index (κ3) is 6.40. The molecule has 7 nitrogen and oxygen atoms in total. The minimum Gasteiger partial charge on any atom is -0.452 e. The van der Waals surface area contributed by atoms with Crippen LogP contribution in [0.4, 0.5) is 5.69 Å². The van der Waals surface area contributed by atoms with Crippen LogP contribution in [0.5, 0.6) is 0 Å². The quantitative estimate of drug-likeness (QED) is 0.411. The van der Waals surface area contributed by atoms with Crippen LogP contribution in [-0.2, 0) is 26.0 Å². The summed E-state index contributed by atoms with van der Waals surface area (Å²) in [4.78, 5) is 27.8. The third-order valence-corrected chi connectivity index (χ3v) is 9.21. The van der Waals surface area contributed by atoms with Crippen LogP contribution in [0.3, 0.4) is 0 Å². The van der Waals surface area contributed by atoms with Gasteiger partial charge in [-0.25, -0.2) is 13.2 Å². The summed E-state index contributed by atoms with van der Waals surface area (Å²) in [5, 5.41) is 0. The smallest absolute Gasteiger partial charge is 0.338 e. The topological polar surface area (TPSA) is 92.8 Å². The number of rotatable bonds is 9. The molecular formula is C30H40N2O5S. The van der Waals surface area contributed by atoms with Crippen LogP contribution in [0.25, 0.3) is 0 Å². The van der Waals surface area contributed by atoms with E-state index in [1.54, 1.807) is 25.1 Å². The van der Waals surface area contributed by atoms with E-state index in [9.17, 15) is 18.0 Å². The number of nitrogens with one attached hydrogen (secondary N) is 1. The van der Waals surface area contributed by atoms with Crippen molar-refractivity contribution in [3.05, 3.63) is 59.2 Å². The molecule has 1 amide bonds. The first-order valence-electron chi connectivity index (χ1n) is 13.5. The standard InChI is InChI=1S/C30H40N2O5S/c1-6-7-8-22-10-12-23(13-11-22)31-38(35,36)25-14-9-21(2)26(15-25)28(34)37-18-27(33)32-20-30(5)17-24(32)16-29(3,4)19-30/h9-15,24,31H,6-8,16-20H2,1-5H3. The maximum atomic E-state index is 13.0. The first-order chi connectivity index (χ1) is 17.8. The number of anilines is 1. The molecule has 1 aliphatic heterocycles. The van der Waals surface area contributed by atoms with Crippen molar-refractivity contribution in [2.24, 2.45) is 10.8 Å². The summed E-state index contributed by atoms with van der Waals surface area (Å²) in [5.41, 5.74) is 2.58. The summed E-state index contributed by atoms with van der Waals surface area (Å²) in [7, 11) is -3.92. The highest BCUT2D eigenvalue weighted by molar-refractivity contribution is 7.92. The Balaban J connectivity index is 1.41. The first kappa shape index (κ1) is 28.1. The van der Waals surface area contributed by atoms with Crippen molar-refractivity contribution >= 4 is 27.6 Å². The van der Waals surface area contributed by atoms with Gasteiger partial charge in [-0.15, -0.1) is 0 Å². The lowest BCUT2D eigenvalue weighted by Gasteiger charge is -2.39. The number of unbranched alkanes of at least 4 members (excludes halogenated alkanes) is 1. The monoisotopic (exact) mass is 540 g/mol. The molecule has 2 aliphatic rings. The maximum Gasteiger partial charge on any atom is 0.338 e. The second kappa shape index (κ2) is 10.7. The molecule has 38 heavy (non-hydrogen) atoms. The zero-order chi connectivity index (χ0) is 27.7. The zero-order valence-corrected chi connectivity index (χ0v) is 24.0. The number of hydrogen-bond donors (Lipinski definition) is 1. The van der Waals surface area contributed by atoms with Crippen LogP contribution in [-0.4, -0.2) is 44.4 Å². The number of carbonyl (C=O) groups is 2. The number of carbonyl (C=O) groups excluding carboxylic acids is 2. The van der Waals surface area contributed by atoms with Crippen LogP contribution in [0, 0.1) is 17.8 Å². The largest absolute Gasteiger partial charge is 0.452 e. The van der Waals surface area contributed by atoms with Crippen LogP contribution >= 0.6 is 0 Å². The summed E-state index contributed by atoms with van der Waals surface area (Å²) in [6, 6.07) is 11.8. The SMILES string of the molecule is CCCCc1ccc(NS(=O)(=O)c2ccc(C)c(C(=O)OCC(=O)N3CC4(C)CC3CC(C)(C)C4)c2)cc1. The van der Waals surface area contributed by atoms with Gasteiger partial charge in [0.2, 0.25) is 0 Å². The van der Waals surface area contributed by atoms with Gasteiger partial charge in [-0.2, -0.15) is 0 Å². The zero-order valence-electron chi connectivity index (χ0n) is 23.2. The Labute approximate surface area is 227 Å². The number of sulfonamides is 1. The Kier molecular flexibility index (Phi) is 7.94. The molecule has 2 aromatic carbocycles. The second-order valence-corrected chi connectivity index (χ2v) is 13.9. The van der Waals surface area contributed by atoms with Gasteiger partial charge in [-0.05, 0) is 85.3 Å². The fourth-order valence-corrected chi connectivity index (χ4v) is 7.45. The summed E-state index contributed by atoms with van der Waals surface area (Å²) in [6.45, 7) is 10.9.